The average Bonchev–Trinajstić information content (AvgIpc) is 2.36. The first kappa shape index (κ1) is 17.3. The highest BCUT2D eigenvalue weighted by atomic mass is 35.5. The van der Waals surface area contributed by atoms with Crippen molar-refractivity contribution in [3.05, 3.63) is 33.1 Å². The number of carbonyl (C=O) groups excluding carboxylic acids is 1. The summed E-state index contributed by atoms with van der Waals surface area (Å²) < 4.78 is 0. The summed E-state index contributed by atoms with van der Waals surface area (Å²) >= 11 is 5.73. The quantitative estimate of drug-likeness (QED) is 0.492. The molecular formula is C13H19ClN4O3. The van der Waals surface area contributed by atoms with Crippen LogP contribution in [-0.2, 0) is 0 Å². The molecule has 0 aliphatic carbocycles. The fourth-order valence-electron chi connectivity index (χ4n) is 1.81. The topological polar surface area (TPSA) is 88.4 Å². The van der Waals surface area contributed by atoms with Crippen LogP contribution in [0.3, 0.4) is 0 Å². The second-order valence-corrected chi connectivity index (χ2v) is 5.75. The summed E-state index contributed by atoms with van der Waals surface area (Å²) in [5.74, 6) is -0.334. The average molecular weight is 315 g/mol. The number of nitrogens with zero attached hydrogens (tertiary/aromatic N) is 3. The zero-order chi connectivity index (χ0) is 16.2. The van der Waals surface area contributed by atoms with Gasteiger partial charge in [-0.2, -0.15) is 0 Å². The fourth-order valence-corrected chi connectivity index (χ4v) is 1.97. The van der Waals surface area contributed by atoms with E-state index in [1.165, 1.54) is 6.07 Å². The molecule has 0 bridgehead atoms. The van der Waals surface area contributed by atoms with E-state index in [-0.39, 0.29) is 28.4 Å². The van der Waals surface area contributed by atoms with Gasteiger partial charge in [-0.05, 0) is 26.1 Å². The molecule has 7 nitrogen and oxygen atoms in total. The van der Waals surface area contributed by atoms with Gasteiger partial charge < -0.3 is 10.2 Å². The van der Waals surface area contributed by atoms with Crippen LogP contribution in [0.15, 0.2) is 12.3 Å². The van der Waals surface area contributed by atoms with Crippen LogP contribution in [0, 0.1) is 16.0 Å². The summed E-state index contributed by atoms with van der Waals surface area (Å²) in [5, 5.41) is 13.8. The van der Waals surface area contributed by atoms with Gasteiger partial charge in [-0.15, -0.1) is 0 Å². The van der Waals surface area contributed by atoms with Crippen LogP contribution in [0.5, 0.6) is 0 Å². The van der Waals surface area contributed by atoms with Gasteiger partial charge in [-0.3, -0.25) is 14.9 Å². The molecule has 0 aliphatic rings. The van der Waals surface area contributed by atoms with Gasteiger partial charge in [-0.25, -0.2) is 4.98 Å². The minimum Gasteiger partial charge on any atom is -0.348 e. The molecule has 8 heteroatoms. The van der Waals surface area contributed by atoms with Gasteiger partial charge in [0.05, 0.1) is 4.92 Å². The third-order valence-corrected chi connectivity index (χ3v) is 3.18. The Morgan fingerprint density at radius 3 is 2.62 bits per heavy atom. The number of amides is 1. The zero-order valence-corrected chi connectivity index (χ0v) is 13.2. The molecule has 0 saturated carbocycles. The van der Waals surface area contributed by atoms with Gasteiger partial charge in [0.2, 0.25) is 0 Å². The Labute approximate surface area is 128 Å². The molecule has 21 heavy (non-hydrogen) atoms. The maximum atomic E-state index is 12.3. The number of hydrogen-bond donors (Lipinski definition) is 1. The number of aromatic nitrogens is 1. The van der Waals surface area contributed by atoms with Crippen molar-refractivity contribution in [3.63, 3.8) is 0 Å². The van der Waals surface area contributed by atoms with Crippen molar-refractivity contribution < 1.29 is 9.72 Å². The summed E-state index contributed by atoms with van der Waals surface area (Å²) in [6.07, 6.45) is 0.994. The Morgan fingerprint density at radius 1 is 1.52 bits per heavy atom. The number of rotatable bonds is 6. The molecule has 0 spiro atoms. The maximum Gasteiger partial charge on any atom is 0.300 e. The molecule has 1 N–H and O–H groups in total. The Hall–Kier alpha value is -1.73. The van der Waals surface area contributed by atoms with Crippen molar-refractivity contribution in [2.45, 2.75) is 19.9 Å². The van der Waals surface area contributed by atoms with Crippen LogP contribution in [0.2, 0.25) is 5.15 Å². The Bertz CT molecular complexity index is 534. The van der Waals surface area contributed by atoms with Crippen LogP contribution in [-0.4, -0.2) is 47.4 Å². The summed E-state index contributed by atoms with van der Waals surface area (Å²) in [5.41, 5.74) is -0.436. The van der Waals surface area contributed by atoms with E-state index in [2.05, 4.69) is 10.3 Å². The molecule has 0 saturated heterocycles. The second kappa shape index (κ2) is 7.33. The first-order valence-electron chi connectivity index (χ1n) is 6.48. The molecule has 0 radical (unpaired) electrons. The molecule has 1 aromatic rings. The normalized spacial score (nSPS) is 12.5. The molecular weight excluding hydrogens is 296 g/mol. The predicted molar refractivity (Wildman–Crippen MR) is 80.5 cm³/mol. The smallest absolute Gasteiger partial charge is 0.300 e. The van der Waals surface area contributed by atoms with E-state index < -0.39 is 10.8 Å². The summed E-state index contributed by atoms with van der Waals surface area (Å²) in [7, 11) is 3.79. The number of likely N-dealkylation sites (N-methyl/N-ethyl adjacent to an activating group) is 1. The maximum absolute atomic E-state index is 12.3. The van der Waals surface area contributed by atoms with E-state index in [4.69, 9.17) is 11.6 Å². The number of nitrogens with one attached hydrogen (secondary N) is 1. The van der Waals surface area contributed by atoms with Gasteiger partial charge >= 0.3 is 0 Å². The monoisotopic (exact) mass is 314 g/mol. The van der Waals surface area contributed by atoms with Crippen LogP contribution in [0.4, 0.5) is 5.69 Å². The summed E-state index contributed by atoms with van der Waals surface area (Å²) in [4.78, 5) is 28.2. The van der Waals surface area contributed by atoms with E-state index in [9.17, 15) is 14.9 Å². The molecule has 0 aromatic carbocycles. The number of pyridine rings is 1. The highest BCUT2D eigenvalue weighted by molar-refractivity contribution is 6.29. The van der Waals surface area contributed by atoms with Gasteiger partial charge in [-0.1, -0.05) is 25.4 Å². The molecule has 0 fully saturated rings. The molecule has 1 amide bonds. The lowest BCUT2D eigenvalue weighted by Gasteiger charge is -2.25. The third kappa shape index (κ3) is 4.95. The van der Waals surface area contributed by atoms with Crippen LogP contribution in [0.25, 0.3) is 0 Å². The Balaban J connectivity index is 3.02. The van der Waals surface area contributed by atoms with Crippen LogP contribution in [0.1, 0.15) is 24.2 Å². The highest BCUT2D eigenvalue weighted by Crippen LogP contribution is 2.20. The first-order valence-corrected chi connectivity index (χ1v) is 6.85. The van der Waals surface area contributed by atoms with Gasteiger partial charge in [0.1, 0.15) is 16.9 Å². The second-order valence-electron chi connectivity index (χ2n) is 5.37. The minimum absolute atomic E-state index is 0.0412. The minimum atomic E-state index is -0.644. The van der Waals surface area contributed by atoms with Crippen LogP contribution < -0.4 is 5.32 Å². The van der Waals surface area contributed by atoms with Gasteiger partial charge in [0.25, 0.3) is 11.6 Å². The number of halogens is 1. The van der Waals surface area contributed by atoms with Crippen molar-refractivity contribution in [2.75, 3.05) is 20.6 Å². The van der Waals surface area contributed by atoms with Crippen LogP contribution >= 0.6 is 11.6 Å². The van der Waals surface area contributed by atoms with E-state index in [0.717, 1.165) is 6.20 Å². The van der Waals surface area contributed by atoms with Gasteiger partial charge in [0.15, 0.2) is 0 Å². The molecule has 1 rings (SSSR count). The molecule has 1 atom stereocenters. The number of carbonyl (C=O) groups is 1. The SMILES string of the molecule is CC(C)C(CN(C)C)NC(=O)c1cc(Cl)ncc1[N+](=O)[O-]. The lowest BCUT2D eigenvalue weighted by atomic mass is 10.0. The van der Waals surface area contributed by atoms with E-state index in [1.54, 1.807) is 0 Å². The number of hydrogen-bond acceptors (Lipinski definition) is 5. The largest absolute Gasteiger partial charge is 0.348 e. The van der Waals surface area contributed by atoms with Crippen molar-refractivity contribution in [2.24, 2.45) is 5.92 Å². The molecule has 116 valence electrons. The lowest BCUT2D eigenvalue weighted by molar-refractivity contribution is -0.385. The number of nitro groups is 1. The molecule has 0 aliphatic heterocycles. The summed E-state index contributed by atoms with van der Waals surface area (Å²) in [6.45, 7) is 4.58. The van der Waals surface area contributed by atoms with E-state index in [1.807, 2.05) is 32.8 Å². The molecule has 1 unspecified atom stereocenters. The summed E-state index contributed by atoms with van der Waals surface area (Å²) in [6, 6.07) is 1.08. The van der Waals surface area contributed by atoms with Crippen molar-refractivity contribution >= 4 is 23.2 Å². The fraction of sp³-hybridized carbons (Fsp3) is 0.538. The predicted octanol–water partition coefficient (Wildman–Crippen LogP) is 1.96. The lowest BCUT2D eigenvalue weighted by Crippen LogP contribution is -2.45. The molecule has 1 aromatic heterocycles. The Kier molecular flexibility index (Phi) is 6.04. The third-order valence-electron chi connectivity index (χ3n) is 2.97. The van der Waals surface area contributed by atoms with Gasteiger partial charge in [0, 0.05) is 12.6 Å². The molecule has 1 heterocycles. The Morgan fingerprint density at radius 2 is 2.14 bits per heavy atom. The van der Waals surface area contributed by atoms with Crippen molar-refractivity contribution in [1.82, 2.24) is 15.2 Å². The zero-order valence-electron chi connectivity index (χ0n) is 12.5. The first-order chi connectivity index (χ1) is 9.72. The van der Waals surface area contributed by atoms with Crippen molar-refractivity contribution in [1.29, 1.82) is 0 Å². The standard InChI is InChI=1S/C13H19ClN4O3/c1-8(2)10(7-17(3)4)16-13(19)9-5-12(14)15-6-11(9)18(20)21/h5-6,8,10H,7H2,1-4H3,(H,16,19). The van der Waals surface area contributed by atoms with E-state index >= 15 is 0 Å². The highest BCUT2D eigenvalue weighted by Gasteiger charge is 2.24. The van der Waals surface area contributed by atoms with Crippen molar-refractivity contribution in [3.8, 4) is 0 Å². The van der Waals surface area contributed by atoms with E-state index in [0.29, 0.717) is 6.54 Å².